The fourth-order valence-electron chi connectivity index (χ4n) is 19.7. The predicted molar refractivity (Wildman–Crippen MR) is 549 cm³/mol. The third-order valence-corrected chi connectivity index (χ3v) is 30.0. The van der Waals surface area contributed by atoms with Crippen LogP contribution in [0.5, 0.6) is 0 Å². The van der Waals surface area contributed by atoms with Gasteiger partial charge in [-0.1, -0.05) is 54.6 Å². The van der Waals surface area contributed by atoms with Crippen LogP contribution >= 0.6 is 45.3 Å². The van der Waals surface area contributed by atoms with Gasteiger partial charge in [0, 0.05) is 184 Å². The molecule has 23 heteroatoms. The van der Waals surface area contributed by atoms with Crippen molar-refractivity contribution < 1.29 is 38.1 Å². The van der Waals surface area contributed by atoms with E-state index in [1.807, 2.05) is 242 Å². The minimum absolute atomic E-state index is 0.000785. The van der Waals surface area contributed by atoms with Gasteiger partial charge in [-0.2, -0.15) is 5.26 Å². The Hall–Kier alpha value is -10.5. The third kappa shape index (κ3) is 20.9. The van der Waals surface area contributed by atoms with Crippen molar-refractivity contribution in [2.24, 2.45) is 14.1 Å². The molecule has 0 saturated heterocycles. The van der Waals surface area contributed by atoms with Crippen molar-refractivity contribution >= 4 is 115 Å². The molecule has 3 aromatic carbocycles. The Morgan fingerprint density at radius 1 is 0.388 bits per heavy atom. The number of thiophene rings is 4. The van der Waals surface area contributed by atoms with Gasteiger partial charge in [-0.05, 0) is 317 Å². The molecule has 18 rings (SSSR count). The molecule has 0 fully saturated rings. The maximum absolute atomic E-state index is 13.1. The number of benzene rings is 3. The first-order valence-electron chi connectivity index (χ1n) is 47.3. The van der Waals surface area contributed by atoms with Gasteiger partial charge in [0.15, 0.2) is 23.1 Å². The van der Waals surface area contributed by atoms with Crippen LogP contribution in [0.15, 0.2) is 110 Å². The van der Waals surface area contributed by atoms with Gasteiger partial charge in [0.25, 0.3) is 0 Å². The van der Waals surface area contributed by atoms with Crippen LogP contribution in [0.25, 0.3) is 108 Å². The molecular weight excluding hydrogens is 1740 g/mol. The van der Waals surface area contributed by atoms with E-state index in [4.69, 9.17) is 43.9 Å². The zero-order valence-corrected chi connectivity index (χ0v) is 86.1. The minimum atomic E-state index is -0.693. The Bertz CT molecular complexity index is 6880. The van der Waals surface area contributed by atoms with Gasteiger partial charge in [0.1, 0.15) is 61.2 Å². The number of Topliss-reactive ketones (excluding diaryl/α,β-unsaturated/α-hetero) is 4. The molecule has 4 aliphatic carbocycles. The Kier molecular flexibility index (Phi) is 29.0. The number of imidazole rings is 2. The fraction of sp³-hybridized carbons (Fsp3) is 0.441. The summed E-state index contributed by atoms with van der Waals surface area (Å²) in [7, 11) is 8.03. The van der Waals surface area contributed by atoms with Gasteiger partial charge in [-0.15, -0.1) is 45.3 Å². The number of fused-ring (bicyclic) bond motifs is 12. The maximum Gasteiger partial charge on any atom is 0.163 e. The predicted octanol–water partition coefficient (Wildman–Crippen LogP) is 26.8. The lowest BCUT2D eigenvalue weighted by Crippen LogP contribution is -2.27. The molecule has 0 amide bonds. The van der Waals surface area contributed by atoms with E-state index in [-0.39, 0.29) is 23.1 Å². The van der Waals surface area contributed by atoms with Gasteiger partial charge in [-0.3, -0.25) is 19.2 Å². The highest BCUT2D eigenvalue weighted by atomic mass is 32.1. The number of hydrogen-bond donors (Lipinski definition) is 0. The second-order valence-electron chi connectivity index (χ2n) is 40.7. The molecule has 134 heavy (non-hydrogen) atoms. The lowest BCUT2D eigenvalue weighted by molar-refractivity contribution is -0.139. The van der Waals surface area contributed by atoms with E-state index in [0.717, 1.165) is 200 Å². The van der Waals surface area contributed by atoms with E-state index in [1.165, 1.54) is 109 Å². The lowest BCUT2D eigenvalue weighted by atomic mass is 9.87. The third-order valence-electron chi connectivity index (χ3n) is 25.3. The van der Waals surface area contributed by atoms with Crippen molar-refractivity contribution in [1.29, 1.82) is 5.26 Å². The molecule has 0 spiro atoms. The zero-order chi connectivity index (χ0) is 96.2. The Morgan fingerprint density at radius 2 is 0.679 bits per heavy atom. The van der Waals surface area contributed by atoms with E-state index < -0.39 is 46.8 Å². The molecule has 0 aliphatic heterocycles. The van der Waals surface area contributed by atoms with Crippen LogP contribution in [0.1, 0.15) is 284 Å². The maximum atomic E-state index is 13.1. The molecule has 14 aromatic rings. The average Bonchev–Trinajstić information content (AvgIpc) is 1.57. The lowest BCUT2D eigenvalue weighted by Gasteiger charge is -2.29. The molecule has 19 nitrogen and oxygen atoms in total. The first-order chi connectivity index (χ1) is 63.4. The van der Waals surface area contributed by atoms with Crippen molar-refractivity contribution in [3.8, 4) is 73.4 Å². The van der Waals surface area contributed by atoms with Crippen molar-refractivity contribution in [2.45, 2.75) is 295 Å². The number of hydrogen-bond acceptors (Lipinski definition) is 21. The molecule has 0 N–H and O–H groups in total. The summed E-state index contributed by atoms with van der Waals surface area (Å²) in [6.45, 7) is 40.4. The van der Waals surface area contributed by atoms with Crippen molar-refractivity contribution in [2.75, 3.05) is 19.0 Å². The summed E-state index contributed by atoms with van der Waals surface area (Å²) in [4.78, 5) is 97.8. The Labute approximate surface area is 806 Å². The second-order valence-corrected chi connectivity index (χ2v) is 45.1. The van der Waals surface area contributed by atoms with Gasteiger partial charge in [0.05, 0.1) is 34.0 Å². The number of nitrogens with zero attached hydrogens (tertiary/aromatic N) is 11. The van der Waals surface area contributed by atoms with Gasteiger partial charge < -0.3 is 33.0 Å². The Morgan fingerprint density at radius 3 is 0.970 bits per heavy atom. The van der Waals surface area contributed by atoms with Gasteiger partial charge in [0.2, 0.25) is 0 Å². The van der Waals surface area contributed by atoms with Crippen LogP contribution in [0.3, 0.4) is 0 Å². The largest absolute Gasteiger partial charge is 0.363 e. The number of pyridine rings is 5. The average molecular weight is 1870 g/mol. The summed E-state index contributed by atoms with van der Waals surface area (Å²) >= 11 is 7.23. The quantitative estimate of drug-likeness (QED) is 0.0732. The standard InChI is InChI=1S/2C29H33N3O2S.C27H35N3O2S.C26H28N2O2S/c1-17-23(26(18(2)33)34-29(3,4)5)24(25-21-12-7-8-13-22(21)35-28(25)31-17)19-10-9-11-20(16-19)27-30-14-15-32(27)6;1-17-23(26(18(2)33)34-29(3,4)5)24(25-21-9-7-8-10-22(21)35-28(25)31-17)19-11-13-20(14-12-19)27-30-15-16-32(27)6;1-15-13-18(14-28-25(15)30(7)8)22-21(24(17(3)31)32-27(4,5)6)16(2)29-26-23(22)19-11-9-10-12-20(19)33-26;1-15-21(24(16(2)29)30-26(3,4)5)22(18-12-10-17(14-27)11-13-18)23-19-8-6-7-9-20(19)31-25(23)28-15/h9-11,14-16,26H,7-8,12-13H2,1-6H3;11-16,26H,7-10H2,1-6H3;13-14,24H,9-12H2,1-8H3;10-13,24H,6-9H2,1-5H3. The fourth-order valence-corrected chi connectivity index (χ4v) is 25.0. The van der Waals surface area contributed by atoms with Crippen LogP contribution < -0.4 is 4.90 Å². The molecule has 11 heterocycles. The van der Waals surface area contributed by atoms with Crippen LogP contribution in [0.2, 0.25) is 0 Å². The molecule has 11 aromatic heterocycles. The summed E-state index contributed by atoms with van der Waals surface area (Å²) in [5.41, 5.74) is 23.0. The molecule has 0 bridgehead atoms. The number of ketones is 4. The highest BCUT2D eigenvalue weighted by molar-refractivity contribution is 7.20. The number of anilines is 1. The monoisotopic (exact) mass is 1870 g/mol. The van der Waals surface area contributed by atoms with Crippen molar-refractivity contribution in [1.82, 2.24) is 44.0 Å². The molecule has 0 radical (unpaired) electrons. The molecule has 4 aliphatic rings. The number of rotatable bonds is 19. The zero-order valence-electron chi connectivity index (χ0n) is 82.8. The van der Waals surface area contributed by atoms with Crippen molar-refractivity contribution in [3.63, 3.8) is 0 Å². The van der Waals surface area contributed by atoms with Crippen LogP contribution in [-0.4, -0.2) is 104 Å². The molecule has 0 saturated carbocycles. The van der Waals surface area contributed by atoms with E-state index >= 15 is 0 Å². The molecule has 4 atom stereocenters. The number of aryl methyl sites for hydroxylation is 15. The molecule has 700 valence electrons. The van der Waals surface area contributed by atoms with E-state index in [9.17, 15) is 24.4 Å². The second kappa shape index (κ2) is 39.7. The minimum Gasteiger partial charge on any atom is -0.363 e. The van der Waals surface area contributed by atoms with Gasteiger partial charge in [-0.25, -0.2) is 34.9 Å². The number of carbonyl (C=O) groups excluding carboxylic acids is 4. The highest BCUT2D eigenvalue weighted by Crippen LogP contribution is 2.53. The van der Waals surface area contributed by atoms with E-state index in [0.29, 0.717) is 5.56 Å². The van der Waals surface area contributed by atoms with E-state index in [2.05, 4.69) is 77.6 Å². The normalized spacial score (nSPS) is 14.8. The summed E-state index contributed by atoms with van der Waals surface area (Å²) in [5, 5.41) is 14.0. The van der Waals surface area contributed by atoms with E-state index in [1.54, 1.807) is 39.0 Å². The summed E-state index contributed by atoms with van der Waals surface area (Å²) in [6.07, 6.45) is 25.0. The number of aromatic nitrogens is 9. The first-order valence-corrected chi connectivity index (χ1v) is 50.5. The summed E-state index contributed by atoms with van der Waals surface area (Å²) < 4.78 is 29.5. The molecular formula is C111H129N11O8S4. The highest BCUT2D eigenvalue weighted by Gasteiger charge is 2.39. The van der Waals surface area contributed by atoms with Crippen LogP contribution in [0.4, 0.5) is 5.82 Å². The number of nitriles is 1. The van der Waals surface area contributed by atoms with Crippen LogP contribution in [-0.2, 0) is 104 Å². The van der Waals surface area contributed by atoms with Crippen molar-refractivity contribution in [3.05, 3.63) is 208 Å². The molecule has 4 unspecified atom stereocenters. The first kappa shape index (κ1) is 98.0. The number of carbonyl (C=O) groups is 4. The summed E-state index contributed by atoms with van der Waals surface area (Å²) in [6, 6.07) is 29.1. The Balaban J connectivity index is 0.000000136. The summed E-state index contributed by atoms with van der Waals surface area (Å²) in [5.74, 6) is 2.75. The SMILES string of the molecule is CC(=O)C(OC(C)(C)C)c1c(C)nc2sc3c(c2c1-c1ccc(-c2nccn2C)cc1)CCCC3.CC(=O)C(OC(C)(C)C)c1c(C)nc2sc3c(c2c1-c1ccc(C#N)cc1)CCCC3.CC(=O)C(OC(C)(C)C)c1c(C)nc2sc3c(c2c1-c1cccc(-c2nccn2C)c1)CCCC3.CC(=O)C(OC(C)(C)C)c1c(C)nc2sc3c(c2c1-c1cnc(N(C)C)c(C)c1)CCCC3. The van der Waals surface area contributed by atoms with Crippen LogP contribution in [0, 0.1) is 45.9 Å². The topological polar surface area (TPSA) is 232 Å². The smallest absolute Gasteiger partial charge is 0.163 e. The van der Waals surface area contributed by atoms with Gasteiger partial charge >= 0.3 is 0 Å². The number of ether oxygens (including phenoxy) is 4.